The van der Waals surface area contributed by atoms with Gasteiger partial charge in [0.2, 0.25) is 10.0 Å². The van der Waals surface area contributed by atoms with Gasteiger partial charge in [-0.05, 0) is 43.0 Å². The normalized spacial score (nSPS) is 22.6. The lowest BCUT2D eigenvalue weighted by molar-refractivity contribution is 0.0770. The van der Waals surface area contributed by atoms with Crippen LogP contribution in [0.15, 0.2) is 29.2 Å². The van der Waals surface area contributed by atoms with Crippen LogP contribution in [0.1, 0.15) is 36.4 Å². The van der Waals surface area contributed by atoms with Crippen molar-refractivity contribution in [3.8, 4) is 0 Å². The lowest BCUT2D eigenvalue weighted by Crippen LogP contribution is -2.26. The Morgan fingerprint density at radius 2 is 2.11 bits per heavy atom. The summed E-state index contributed by atoms with van der Waals surface area (Å²) in [6, 6.07) is 7.09. The van der Waals surface area contributed by atoms with Gasteiger partial charge in [0.15, 0.2) is 5.82 Å². The number of amides is 1. The second kappa shape index (κ2) is 7.10. The van der Waals surface area contributed by atoms with E-state index in [1.54, 1.807) is 26.2 Å². The summed E-state index contributed by atoms with van der Waals surface area (Å²) in [5.41, 5.74) is 2.51. The average molecular weight is 405 g/mol. The molecule has 9 nitrogen and oxygen atoms in total. The molecule has 1 aromatic carbocycles. The van der Waals surface area contributed by atoms with E-state index in [0.29, 0.717) is 17.3 Å². The van der Waals surface area contributed by atoms with Crippen molar-refractivity contribution in [1.82, 2.24) is 19.8 Å². The molecule has 1 aliphatic carbocycles. The molecule has 0 unspecified atom stereocenters. The lowest BCUT2D eigenvalue weighted by atomic mass is 10.0. The minimum Gasteiger partial charge on any atom is -0.446 e. The number of sulfonamides is 1. The van der Waals surface area contributed by atoms with Crippen molar-refractivity contribution in [1.29, 1.82) is 0 Å². The fourth-order valence-corrected chi connectivity index (χ4v) is 4.87. The Kier molecular flexibility index (Phi) is 4.76. The number of anilines is 2. The summed E-state index contributed by atoms with van der Waals surface area (Å²) >= 11 is 0. The first-order chi connectivity index (χ1) is 13.3. The van der Waals surface area contributed by atoms with E-state index >= 15 is 0 Å². The smallest absolute Gasteiger partial charge is 0.409 e. The number of rotatable bonds is 4. The predicted octanol–water partition coefficient (Wildman–Crippen LogP) is 2.28. The van der Waals surface area contributed by atoms with Crippen LogP contribution >= 0.6 is 0 Å². The number of nitrogens with zero attached hydrogens (tertiary/aromatic N) is 2. The number of hydrogen-bond acceptors (Lipinski definition) is 6. The SMILES string of the molecule is CN(C)C(=O)O[C@@H]1CC[C@H](c2cc(Nc3ccc4c(c3)CNS4(=O)=O)n[nH]2)C1. The molecule has 4 rings (SSSR count). The molecular weight excluding hydrogens is 382 g/mol. The maximum Gasteiger partial charge on any atom is 0.409 e. The summed E-state index contributed by atoms with van der Waals surface area (Å²) in [4.78, 5) is 13.5. The minimum absolute atomic E-state index is 0.0780. The summed E-state index contributed by atoms with van der Waals surface area (Å²) in [7, 11) is -0.0147. The zero-order valence-corrected chi connectivity index (χ0v) is 16.5. The van der Waals surface area contributed by atoms with Crippen LogP contribution < -0.4 is 10.0 Å². The molecule has 1 aliphatic heterocycles. The molecule has 1 amide bonds. The van der Waals surface area contributed by atoms with Crippen LogP contribution in [0, 0.1) is 0 Å². The molecule has 0 radical (unpaired) electrons. The van der Waals surface area contributed by atoms with Crippen molar-refractivity contribution >= 4 is 27.6 Å². The highest BCUT2D eigenvalue weighted by molar-refractivity contribution is 7.89. The van der Waals surface area contributed by atoms with E-state index < -0.39 is 10.0 Å². The summed E-state index contributed by atoms with van der Waals surface area (Å²) in [5.74, 6) is 0.926. The Labute approximate surface area is 163 Å². The molecule has 2 atom stereocenters. The third kappa shape index (κ3) is 3.69. The van der Waals surface area contributed by atoms with E-state index in [1.165, 1.54) is 4.90 Å². The van der Waals surface area contributed by atoms with Crippen LogP contribution in [-0.4, -0.2) is 49.8 Å². The molecule has 28 heavy (non-hydrogen) atoms. The number of nitrogens with one attached hydrogen (secondary N) is 3. The molecule has 0 bridgehead atoms. The Hall–Kier alpha value is -2.59. The molecule has 3 N–H and O–H groups in total. The Bertz CT molecular complexity index is 1000. The second-order valence-corrected chi connectivity index (χ2v) is 9.13. The van der Waals surface area contributed by atoms with Gasteiger partial charge in [0.05, 0.1) is 4.90 Å². The van der Waals surface area contributed by atoms with Crippen molar-refractivity contribution in [2.45, 2.75) is 42.7 Å². The molecule has 1 fully saturated rings. The number of fused-ring (bicyclic) bond motifs is 1. The fourth-order valence-electron chi connectivity index (χ4n) is 3.64. The Morgan fingerprint density at radius 3 is 2.89 bits per heavy atom. The van der Waals surface area contributed by atoms with Crippen molar-refractivity contribution < 1.29 is 17.9 Å². The highest BCUT2D eigenvalue weighted by Gasteiger charge is 2.30. The molecule has 2 aliphatic rings. The molecule has 1 aromatic heterocycles. The summed E-state index contributed by atoms with van der Waals surface area (Å²) in [6.45, 7) is 0.300. The lowest BCUT2D eigenvalue weighted by Gasteiger charge is -2.16. The van der Waals surface area contributed by atoms with E-state index in [9.17, 15) is 13.2 Å². The second-order valence-electron chi connectivity index (χ2n) is 7.39. The van der Waals surface area contributed by atoms with Crippen LogP contribution in [-0.2, 0) is 21.3 Å². The van der Waals surface area contributed by atoms with Gasteiger partial charge in [-0.15, -0.1) is 0 Å². The number of carbonyl (C=O) groups excluding carboxylic acids is 1. The van der Waals surface area contributed by atoms with Gasteiger partial charge in [0.1, 0.15) is 6.10 Å². The number of hydrogen-bond donors (Lipinski definition) is 3. The number of benzene rings is 1. The standard InChI is InChI=1S/C18H23N5O4S/c1-23(2)18(24)27-14-5-3-11(8-14)15-9-17(22-21-15)20-13-4-6-16-12(7-13)10-19-28(16,25)26/h4,6-7,9,11,14,19H,3,5,8,10H2,1-2H3,(H2,20,21,22)/t11-,14+/m0/s1. The van der Waals surface area contributed by atoms with Gasteiger partial charge in [-0.25, -0.2) is 17.9 Å². The first-order valence-corrected chi connectivity index (χ1v) is 10.6. The largest absolute Gasteiger partial charge is 0.446 e. The summed E-state index contributed by atoms with van der Waals surface area (Å²) in [5, 5.41) is 10.6. The molecule has 0 spiro atoms. The topological polar surface area (TPSA) is 116 Å². The maximum absolute atomic E-state index is 11.8. The summed E-state index contributed by atoms with van der Waals surface area (Å²) in [6.07, 6.45) is 2.13. The first kappa shape index (κ1) is 18.8. The van der Waals surface area contributed by atoms with Gasteiger partial charge in [0, 0.05) is 44.0 Å². The Balaban J connectivity index is 1.40. The quantitative estimate of drug-likeness (QED) is 0.719. The molecular formula is C18H23N5O4S. The van der Waals surface area contributed by atoms with Crippen LogP contribution in [0.5, 0.6) is 0 Å². The van der Waals surface area contributed by atoms with Crippen molar-refractivity contribution in [2.24, 2.45) is 0 Å². The molecule has 150 valence electrons. The molecule has 1 saturated carbocycles. The van der Waals surface area contributed by atoms with Crippen LogP contribution in [0.4, 0.5) is 16.3 Å². The summed E-state index contributed by atoms with van der Waals surface area (Å²) < 4.78 is 31.6. The average Bonchev–Trinajstić information content (AvgIpc) is 3.35. The number of H-pyrrole nitrogens is 1. The fraction of sp³-hybridized carbons (Fsp3) is 0.444. The van der Waals surface area contributed by atoms with E-state index in [4.69, 9.17) is 4.74 Å². The molecule has 2 heterocycles. The Morgan fingerprint density at radius 1 is 1.29 bits per heavy atom. The van der Waals surface area contributed by atoms with E-state index in [2.05, 4.69) is 20.2 Å². The van der Waals surface area contributed by atoms with Crippen LogP contribution in [0.25, 0.3) is 0 Å². The first-order valence-electron chi connectivity index (χ1n) is 9.14. The molecule has 0 saturated heterocycles. The van der Waals surface area contributed by atoms with Crippen LogP contribution in [0.2, 0.25) is 0 Å². The maximum atomic E-state index is 11.8. The van der Waals surface area contributed by atoms with Crippen molar-refractivity contribution in [3.63, 3.8) is 0 Å². The van der Waals surface area contributed by atoms with Crippen molar-refractivity contribution in [2.75, 3.05) is 19.4 Å². The monoisotopic (exact) mass is 405 g/mol. The molecule has 10 heteroatoms. The van der Waals surface area contributed by atoms with Crippen molar-refractivity contribution in [3.05, 3.63) is 35.5 Å². The predicted molar refractivity (Wildman–Crippen MR) is 103 cm³/mol. The minimum atomic E-state index is -3.36. The van der Waals surface area contributed by atoms with E-state index in [-0.39, 0.29) is 18.1 Å². The van der Waals surface area contributed by atoms with Gasteiger partial charge in [0.25, 0.3) is 0 Å². The van der Waals surface area contributed by atoms with E-state index in [1.807, 2.05) is 12.1 Å². The van der Waals surface area contributed by atoms with Gasteiger partial charge in [-0.3, -0.25) is 5.10 Å². The number of aromatic amines is 1. The highest BCUT2D eigenvalue weighted by Crippen LogP contribution is 2.36. The zero-order chi connectivity index (χ0) is 19.9. The third-order valence-corrected chi connectivity index (χ3v) is 6.63. The van der Waals surface area contributed by atoms with Gasteiger partial charge in [-0.2, -0.15) is 5.10 Å². The van der Waals surface area contributed by atoms with Gasteiger partial charge >= 0.3 is 6.09 Å². The van der Waals surface area contributed by atoms with Gasteiger partial charge < -0.3 is 15.0 Å². The van der Waals surface area contributed by atoms with E-state index in [0.717, 1.165) is 36.2 Å². The highest BCUT2D eigenvalue weighted by atomic mass is 32.2. The van der Waals surface area contributed by atoms with Gasteiger partial charge in [-0.1, -0.05) is 0 Å². The number of ether oxygens (including phenoxy) is 1. The molecule has 2 aromatic rings. The number of carbonyl (C=O) groups is 1. The van der Waals surface area contributed by atoms with Crippen LogP contribution in [0.3, 0.4) is 0 Å². The third-order valence-electron chi connectivity index (χ3n) is 5.13. The number of aromatic nitrogens is 2. The zero-order valence-electron chi connectivity index (χ0n) is 15.7.